The third kappa shape index (κ3) is 3.63. The van der Waals surface area contributed by atoms with Gasteiger partial charge >= 0.3 is 0 Å². The van der Waals surface area contributed by atoms with Crippen molar-refractivity contribution in [2.45, 2.75) is 0 Å². The largest absolute Gasteiger partial charge is 0.496 e. The van der Waals surface area contributed by atoms with Gasteiger partial charge in [-0.05, 0) is 36.4 Å². The first kappa shape index (κ1) is 17.0. The Balaban J connectivity index is 1.83. The summed E-state index contributed by atoms with van der Waals surface area (Å²) in [5.41, 5.74) is 0.775. The highest BCUT2D eigenvalue weighted by atomic mass is 32.1. The van der Waals surface area contributed by atoms with Crippen LogP contribution in [0.1, 0.15) is 10.4 Å². The van der Waals surface area contributed by atoms with Crippen LogP contribution in [0.5, 0.6) is 5.75 Å². The number of amides is 1. The van der Waals surface area contributed by atoms with Crippen molar-refractivity contribution in [2.24, 2.45) is 0 Å². The molecule has 8 heteroatoms. The number of carbonyl (C=O) groups excluding carboxylic acids is 1. The third-order valence-electron chi connectivity index (χ3n) is 3.35. The van der Waals surface area contributed by atoms with E-state index in [0.717, 1.165) is 29.5 Å². The number of benzene rings is 2. The van der Waals surface area contributed by atoms with Gasteiger partial charge in [0.05, 0.1) is 18.4 Å². The lowest BCUT2D eigenvalue weighted by Crippen LogP contribution is -2.13. The average Bonchev–Trinajstić information content (AvgIpc) is 3.05. The summed E-state index contributed by atoms with van der Waals surface area (Å²) in [5, 5.41) is 4.35. The number of hydrogen-bond acceptors (Lipinski definition) is 4. The maximum atomic E-state index is 13.4. The van der Waals surface area contributed by atoms with Gasteiger partial charge in [0, 0.05) is 10.9 Å². The molecule has 0 saturated carbocycles. The number of nitrogens with one attached hydrogen (secondary N) is 1. The first-order valence-electron chi connectivity index (χ1n) is 7.04. The molecular weight excluding hydrogens is 353 g/mol. The molecule has 0 unspecified atom stereocenters. The minimum atomic E-state index is -0.986. The second kappa shape index (κ2) is 6.94. The molecule has 3 rings (SSSR count). The molecule has 0 bridgehead atoms. The van der Waals surface area contributed by atoms with Crippen molar-refractivity contribution >= 4 is 22.4 Å². The number of anilines is 1. The fourth-order valence-corrected chi connectivity index (χ4v) is 2.86. The predicted molar refractivity (Wildman–Crippen MR) is 88.4 cm³/mol. The van der Waals surface area contributed by atoms with Crippen LogP contribution in [0.2, 0.25) is 0 Å². The normalized spacial score (nSPS) is 10.6. The summed E-state index contributed by atoms with van der Waals surface area (Å²) in [6.45, 7) is 0. The van der Waals surface area contributed by atoms with E-state index in [2.05, 4.69) is 10.3 Å². The Bertz CT molecular complexity index is 943. The fourth-order valence-electron chi connectivity index (χ4n) is 2.14. The molecule has 0 spiro atoms. The Morgan fingerprint density at radius 3 is 2.64 bits per heavy atom. The minimum absolute atomic E-state index is 0.0204. The van der Waals surface area contributed by atoms with E-state index in [1.165, 1.54) is 25.3 Å². The number of thiazole rings is 1. The molecule has 1 N–H and O–H groups in total. The Kier molecular flexibility index (Phi) is 4.71. The van der Waals surface area contributed by atoms with Crippen molar-refractivity contribution in [3.8, 4) is 17.0 Å². The van der Waals surface area contributed by atoms with Crippen molar-refractivity contribution in [1.29, 1.82) is 0 Å². The van der Waals surface area contributed by atoms with Crippen molar-refractivity contribution < 1.29 is 22.7 Å². The maximum absolute atomic E-state index is 13.4. The topological polar surface area (TPSA) is 51.2 Å². The molecule has 0 radical (unpaired) electrons. The molecule has 25 heavy (non-hydrogen) atoms. The fraction of sp³-hybridized carbons (Fsp3) is 0.0588. The van der Waals surface area contributed by atoms with Crippen molar-refractivity contribution in [3.63, 3.8) is 0 Å². The number of carbonyl (C=O) groups is 1. The first-order chi connectivity index (χ1) is 12.0. The molecular formula is C17H11F3N2O2S. The van der Waals surface area contributed by atoms with Crippen molar-refractivity contribution in [2.75, 3.05) is 12.4 Å². The summed E-state index contributed by atoms with van der Waals surface area (Å²) < 4.78 is 44.7. The van der Waals surface area contributed by atoms with Crippen LogP contribution >= 0.6 is 11.3 Å². The Morgan fingerprint density at radius 2 is 1.92 bits per heavy atom. The smallest absolute Gasteiger partial charge is 0.261 e. The summed E-state index contributed by atoms with van der Waals surface area (Å²) in [6, 6.07) is 6.98. The Morgan fingerprint density at radius 1 is 1.12 bits per heavy atom. The second-order valence-corrected chi connectivity index (χ2v) is 5.82. The second-order valence-electron chi connectivity index (χ2n) is 4.97. The number of nitrogens with zero attached hydrogens (tertiary/aromatic N) is 1. The molecule has 2 aromatic carbocycles. The van der Waals surface area contributed by atoms with Crippen LogP contribution in [0.25, 0.3) is 11.3 Å². The zero-order valence-electron chi connectivity index (χ0n) is 12.8. The monoisotopic (exact) mass is 364 g/mol. The van der Waals surface area contributed by atoms with Gasteiger partial charge in [-0.2, -0.15) is 0 Å². The van der Waals surface area contributed by atoms with Gasteiger partial charge in [0.15, 0.2) is 16.8 Å². The molecule has 0 atom stereocenters. The van der Waals surface area contributed by atoms with Gasteiger partial charge in [0.1, 0.15) is 11.6 Å². The molecule has 0 aliphatic rings. The van der Waals surface area contributed by atoms with E-state index in [9.17, 15) is 18.0 Å². The number of rotatable bonds is 4. The molecule has 0 aliphatic carbocycles. The highest BCUT2D eigenvalue weighted by molar-refractivity contribution is 7.14. The van der Waals surface area contributed by atoms with Gasteiger partial charge < -0.3 is 4.74 Å². The summed E-state index contributed by atoms with van der Waals surface area (Å²) in [5.74, 6) is -2.89. The number of hydrogen-bond donors (Lipinski definition) is 1. The zero-order valence-corrected chi connectivity index (χ0v) is 13.7. The van der Waals surface area contributed by atoms with Gasteiger partial charge in [-0.25, -0.2) is 18.2 Å². The van der Waals surface area contributed by atoms with E-state index in [1.54, 1.807) is 5.38 Å². The predicted octanol–water partition coefficient (Wildman–Crippen LogP) is 4.49. The standard InChI is InChI=1S/C17H11F3N2O2S/c1-24-15-5-3-10(18)7-11(15)16(23)22-17-21-14(8-25-17)9-2-4-12(19)13(20)6-9/h2-8H,1H3,(H,21,22,23). The lowest BCUT2D eigenvalue weighted by Gasteiger charge is -2.07. The third-order valence-corrected chi connectivity index (χ3v) is 4.10. The molecule has 1 amide bonds. The quantitative estimate of drug-likeness (QED) is 0.742. The highest BCUT2D eigenvalue weighted by Gasteiger charge is 2.16. The number of aromatic nitrogens is 1. The summed E-state index contributed by atoms with van der Waals surface area (Å²) >= 11 is 1.10. The molecule has 0 aliphatic heterocycles. The molecule has 4 nitrogen and oxygen atoms in total. The van der Waals surface area contributed by atoms with Gasteiger partial charge in [0.25, 0.3) is 5.91 Å². The van der Waals surface area contributed by atoms with Crippen LogP contribution in [-0.2, 0) is 0 Å². The van der Waals surface area contributed by atoms with Gasteiger partial charge in [-0.3, -0.25) is 10.1 Å². The molecule has 0 fully saturated rings. The first-order valence-corrected chi connectivity index (χ1v) is 7.91. The van der Waals surface area contributed by atoms with Gasteiger partial charge in [-0.15, -0.1) is 11.3 Å². The van der Waals surface area contributed by atoms with Gasteiger partial charge in [0.2, 0.25) is 0 Å². The van der Waals surface area contributed by atoms with Crippen LogP contribution in [0.4, 0.5) is 18.3 Å². The molecule has 0 saturated heterocycles. The van der Waals surface area contributed by atoms with Crippen molar-refractivity contribution in [3.05, 3.63) is 64.8 Å². The zero-order chi connectivity index (χ0) is 18.0. The van der Waals surface area contributed by atoms with E-state index >= 15 is 0 Å². The molecule has 128 valence electrons. The summed E-state index contributed by atoms with van der Waals surface area (Å²) in [6.07, 6.45) is 0. The number of ether oxygens (including phenoxy) is 1. The number of methoxy groups -OCH3 is 1. The molecule has 3 aromatic rings. The van der Waals surface area contributed by atoms with Crippen molar-refractivity contribution in [1.82, 2.24) is 4.98 Å². The van der Waals surface area contributed by atoms with E-state index in [-0.39, 0.29) is 16.4 Å². The van der Waals surface area contributed by atoms with E-state index < -0.39 is 23.4 Å². The minimum Gasteiger partial charge on any atom is -0.496 e. The van der Waals surface area contributed by atoms with E-state index in [1.807, 2.05) is 0 Å². The van der Waals surface area contributed by atoms with E-state index in [4.69, 9.17) is 4.74 Å². The van der Waals surface area contributed by atoms with Crippen LogP contribution in [0, 0.1) is 17.5 Å². The van der Waals surface area contributed by atoms with Crippen LogP contribution in [0.15, 0.2) is 41.8 Å². The van der Waals surface area contributed by atoms with Crippen LogP contribution in [0.3, 0.4) is 0 Å². The molecule has 1 heterocycles. The lowest BCUT2D eigenvalue weighted by molar-refractivity contribution is 0.102. The Labute approximate surface area is 144 Å². The summed E-state index contributed by atoms with van der Waals surface area (Å²) in [7, 11) is 1.37. The summed E-state index contributed by atoms with van der Waals surface area (Å²) in [4.78, 5) is 16.4. The van der Waals surface area contributed by atoms with Gasteiger partial charge in [-0.1, -0.05) is 0 Å². The number of halogens is 3. The average molecular weight is 364 g/mol. The van der Waals surface area contributed by atoms with Crippen LogP contribution in [-0.4, -0.2) is 18.0 Å². The van der Waals surface area contributed by atoms with E-state index in [0.29, 0.717) is 11.3 Å². The lowest BCUT2D eigenvalue weighted by atomic mass is 10.1. The molecule has 1 aromatic heterocycles. The highest BCUT2D eigenvalue weighted by Crippen LogP contribution is 2.27. The maximum Gasteiger partial charge on any atom is 0.261 e. The Hall–Kier alpha value is -2.87. The SMILES string of the molecule is COc1ccc(F)cc1C(=O)Nc1nc(-c2ccc(F)c(F)c2)cs1. The van der Waals surface area contributed by atoms with Crippen LogP contribution < -0.4 is 10.1 Å².